The van der Waals surface area contributed by atoms with Gasteiger partial charge in [0.1, 0.15) is 5.82 Å². The molecule has 0 heterocycles. The average Bonchev–Trinajstić information content (AvgIpc) is 2.59. The van der Waals surface area contributed by atoms with Gasteiger partial charge >= 0.3 is 12.3 Å². The van der Waals surface area contributed by atoms with Crippen LogP contribution in [0.1, 0.15) is 21.5 Å². The summed E-state index contributed by atoms with van der Waals surface area (Å²) < 4.78 is 56.4. The Bertz CT molecular complexity index is 822. The molecule has 0 bridgehead atoms. The molecule has 2 aromatic rings. The first-order chi connectivity index (χ1) is 12.2. The van der Waals surface area contributed by atoms with E-state index in [0.717, 1.165) is 12.1 Å². The predicted octanol–water partition coefficient (Wildman–Crippen LogP) is 3.95. The fourth-order valence-electron chi connectivity index (χ4n) is 2.15. The van der Waals surface area contributed by atoms with Crippen molar-refractivity contribution in [2.75, 3.05) is 12.4 Å². The zero-order valence-corrected chi connectivity index (χ0v) is 13.5. The number of nitrogens with one attached hydrogen (secondary N) is 2. The molecule has 0 saturated heterocycles. The van der Waals surface area contributed by atoms with E-state index >= 15 is 0 Å². The van der Waals surface area contributed by atoms with Gasteiger partial charge < -0.3 is 10.1 Å². The largest absolute Gasteiger partial charge is 0.453 e. The van der Waals surface area contributed by atoms with Crippen LogP contribution in [0.5, 0.6) is 0 Å². The van der Waals surface area contributed by atoms with Crippen LogP contribution in [0.4, 0.5) is 28.0 Å². The number of halogens is 4. The lowest BCUT2D eigenvalue weighted by Crippen LogP contribution is -2.24. The Balaban J connectivity index is 2.12. The minimum atomic E-state index is -4.74. The summed E-state index contributed by atoms with van der Waals surface area (Å²) in [5, 5.41) is 4.70. The van der Waals surface area contributed by atoms with Crippen LogP contribution in [-0.2, 0) is 17.5 Å². The molecule has 5 nitrogen and oxygen atoms in total. The molecule has 0 saturated carbocycles. The number of methoxy groups -OCH3 is 1. The second-order valence-electron chi connectivity index (χ2n) is 5.18. The molecule has 26 heavy (non-hydrogen) atoms. The topological polar surface area (TPSA) is 67.4 Å². The van der Waals surface area contributed by atoms with E-state index in [-0.39, 0.29) is 16.8 Å². The lowest BCUT2D eigenvalue weighted by molar-refractivity contribution is -0.138. The van der Waals surface area contributed by atoms with Crippen molar-refractivity contribution in [3.63, 3.8) is 0 Å². The summed E-state index contributed by atoms with van der Waals surface area (Å²) in [6.07, 6.45) is -5.48. The van der Waals surface area contributed by atoms with E-state index in [4.69, 9.17) is 0 Å². The maximum Gasteiger partial charge on any atom is 0.416 e. The van der Waals surface area contributed by atoms with Crippen LogP contribution in [0, 0.1) is 5.82 Å². The molecule has 9 heteroatoms. The van der Waals surface area contributed by atoms with Crippen molar-refractivity contribution < 1.29 is 31.9 Å². The molecule has 2 amide bonds. The Morgan fingerprint density at radius 1 is 1.12 bits per heavy atom. The van der Waals surface area contributed by atoms with Crippen LogP contribution in [0.25, 0.3) is 0 Å². The predicted molar refractivity (Wildman–Crippen MR) is 85.0 cm³/mol. The molecular formula is C17H14F4N2O3. The second kappa shape index (κ2) is 7.85. The van der Waals surface area contributed by atoms with Gasteiger partial charge in [-0.05, 0) is 35.9 Å². The van der Waals surface area contributed by atoms with Gasteiger partial charge in [-0.2, -0.15) is 13.2 Å². The zero-order valence-electron chi connectivity index (χ0n) is 13.5. The molecule has 2 aromatic carbocycles. The van der Waals surface area contributed by atoms with Gasteiger partial charge in [-0.25, -0.2) is 9.18 Å². The molecule has 0 fully saturated rings. The minimum Gasteiger partial charge on any atom is -0.453 e. The van der Waals surface area contributed by atoms with Gasteiger partial charge in [0.15, 0.2) is 0 Å². The van der Waals surface area contributed by atoms with E-state index in [0.29, 0.717) is 6.07 Å². The SMILES string of the molecule is COC(=O)Nc1cccc(C(=O)NCc2ccc(F)cc2C(F)(F)F)c1. The summed E-state index contributed by atoms with van der Waals surface area (Å²) in [6, 6.07) is 7.98. The van der Waals surface area contributed by atoms with Crippen LogP contribution in [-0.4, -0.2) is 19.1 Å². The number of benzene rings is 2. The highest BCUT2D eigenvalue weighted by Gasteiger charge is 2.33. The Labute approximate surface area is 146 Å². The lowest BCUT2D eigenvalue weighted by atomic mass is 10.1. The van der Waals surface area contributed by atoms with Crippen molar-refractivity contribution in [3.05, 3.63) is 65.0 Å². The molecule has 0 aromatic heterocycles. The maximum atomic E-state index is 13.1. The molecule has 0 atom stereocenters. The van der Waals surface area contributed by atoms with E-state index in [1.807, 2.05) is 0 Å². The first-order valence-electron chi connectivity index (χ1n) is 7.29. The van der Waals surface area contributed by atoms with E-state index in [1.54, 1.807) is 0 Å². The summed E-state index contributed by atoms with van der Waals surface area (Å²) in [5.74, 6) is -1.68. The standard InChI is InChI=1S/C17H14F4N2O3/c1-26-16(25)23-13-4-2-3-10(7-13)15(24)22-9-11-5-6-12(18)8-14(11)17(19,20)21/h2-8H,9H2,1H3,(H,22,24)(H,23,25). The molecule has 0 spiro atoms. The van der Waals surface area contributed by atoms with Crippen LogP contribution in [0.2, 0.25) is 0 Å². The maximum absolute atomic E-state index is 13.1. The van der Waals surface area contributed by atoms with Gasteiger partial charge in [0.2, 0.25) is 0 Å². The van der Waals surface area contributed by atoms with Crippen LogP contribution >= 0.6 is 0 Å². The Kier molecular flexibility index (Phi) is 5.81. The average molecular weight is 370 g/mol. The fraction of sp³-hybridized carbons (Fsp3) is 0.176. The van der Waals surface area contributed by atoms with Crippen molar-refractivity contribution in [1.82, 2.24) is 5.32 Å². The molecule has 0 aliphatic heterocycles. The number of hydrogen-bond donors (Lipinski definition) is 2. The van der Waals surface area contributed by atoms with Gasteiger partial charge in [0, 0.05) is 17.8 Å². The number of rotatable bonds is 4. The number of hydrogen-bond acceptors (Lipinski definition) is 3. The first kappa shape index (κ1) is 19.2. The number of alkyl halides is 3. The monoisotopic (exact) mass is 370 g/mol. The summed E-state index contributed by atoms with van der Waals surface area (Å²) >= 11 is 0. The van der Waals surface area contributed by atoms with E-state index in [2.05, 4.69) is 15.4 Å². The van der Waals surface area contributed by atoms with Crippen molar-refractivity contribution in [2.24, 2.45) is 0 Å². The van der Waals surface area contributed by atoms with Gasteiger partial charge in [-0.3, -0.25) is 10.1 Å². The summed E-state index contributed by atoms with van der Waals surface area (Å²) in [5.41, 5.74) is -1.02. The van der Waals surface area contributed by atoms with Crippen molar-refractivity contribution in [1.29, 1.82) is 0 Å². The molecule has 2 rings (SSSR count). The Morgan fingerprint density at radius 2 is 1.85 bits per heavy atom. The molecule has 138 valence electrons. The third kappa shape index (κ3) is 4.95. The zero-order chi connectivity index (χ0) is 19.3. The molecule has 0 radical (unpaired) electrons. The number of amides is 2. The number of carbonyl (C=O) groups is 2. The van der Waals surface area contributed by atoms with E-state index < -0.39 is 36.1 Å². The van der Waals surface area contributed by atoms with Gasteiger partial charge in [0.05, 0.1) is 12.7 Å². The Morgan fingerprint density at radius 3 is 2.50 bits per heavy atom. The number of anilines is 1. The lowest BCUT2D eigenvalue weighted by Gasteiger charge is -2.14. The molecule has 0 aliphatic rings. The highest BCUT2D eigenvalue weighted by atomic mass is 19.4. The second-order valence-corrected chi connectivity index (χ2v) is 5.18. The van der Waals surface area contributed by atoms with Crippen LogP contribution in [0.3, 0.4) is 0 Å². The molecule has 2 N–H and O–H groups in total. The van der Waals surface area contributed by atoms with Crippen molar-refractivity contribution in [2.45, 2.75) is 12.7 Å². The van der Waals surface area contributed by atoms with Crippen molar-refractivity contribution in [3.8, 4) is 0 Å². The summed E-state index contributed by atoms with van der Waals surface area (Å²) in [6.45, 7) is -0.442. The smallest absolute Gasteiger partial charge is 0.416 e. The quantitative estimate of drug-likeness (QED) is 0.801. The highest BCUT2D eigenvalue weighted by Crippen LogP contribution is 2.32. The summed E-state index contributed by atoms with van der Waals surface area (Å²) in [4.78, 5) is 23.3. The van der Waals surface area contributed by atoms with Gasteiger partial charge in [-0.1, -0.05) is 12.1 Å². The highest BCUT2D eigenvalue weighted by molar-refractivity contribution is 5.96. The molecular weight excluding hydrogens is 356 g/mol. The van der Waals surface area contributed by atoms with Crippen LogP contribution < -0.4 is 10.6 Å². The Hall–Kier alpha value is -3.10. The normalized spacial score (nSPS) is 11.0. The van der Waals surface area contributed by atoms with E-state index in [9.17, 15) is 27.2 Å². The first-order valence-corrected chi connectivity index (χ1v) is 7.29. The third-order valence-electron chi connectivity index (χ3n) is 3.37. The minimum absolute atomic E-state index is 0.120. The number of carbonyl (C=O) groups excluding carboxylic acids is 2. The van der Waals surface area contributed by atoms with Gasteiger partial charge in [0.25, 0.3) is 5.91 Å². The fourth-order valence-corrected chi connectivity index (χ4v) is 2.15. The van der Waals surface area contributed by atoms with Crippen molar-refractivity contribution >= 4 is 17.7 Å². The van der Waals surface area contributed by atoms with Crippen LogP contribution in [0.15, 0.2) is 42.5 Å². The molecule has 0 unspecified atom stereocenters. The molecule has 0 aliphatic carbocycles. The third-order valence-corrected chi connectivity index (χ3v) is 3.37. The summed E-state index contributed by atoms with van der Waals surface area (Å²) in [7, 11) is 1.17. The van der Waals surface area contributed by atoms with Gasteiger partial charge in [-0.15, -0.1) is 0 Å². The number of ether oxygens (including phenoxy) is 1. The van der Waals surface area contributed by atoms with E-state index in [1.165, 1.54) is 31.4 Å².